The van der Waals surface area contributed by atoms with Crippen molar-refractivity contribution in [1.82, 2.24) is 0 Å². The molecule has 0 aromatic rings. The summed E-state index contributed by atoms with van der Waals surface area (Å²) in [4.78, 5) is 0. The zero-order chi connectivity index (χ0) is 29.5. The average Bonchev–Trinajstić information content (AvgIpc) is 2.38. The topological polar surface area (TPSA) is 420 Å². The van der Waals surface area contributed by atoms with E-state index >= 15 is 0 Å². The molecule has 3 fully saturated rings. The summed E-state index contributed by atoms with van der Waals surface area (Å²) in [6.07, 6.45) is 0. The van der Waals surface area contributed by atoms with Crippen LogP contribution in [0, 0.1) is 0 Å². The number of fused-ring (bicyclic) bond motifs is 4. The van der Waals surface area contributed by atoms with Crippen LogP contribution in [0.15, 0.2) is 0 Å². The van der Waals surface area contributed by atoms with Gasteiger partial charge >= 0.3 is 242 Å². The van der Waals surface area contributed by atoms with Gasteiger partial charge in [-0.1, -0.05) is 0 Å². The van der Waals surface area contributed by atoms with E-state index < -0.39 is 150 Å². The molecule has 3 saturated heterocycles. The van der Waals surface area contributed by atoms with Crippen LogP contribution in [0.25, 0.3) is 0 Å². The molecule has 0 radical (unpaired) electrons. The third-order valence-corrected chi connectivity index (χ3v) is 40.8. The average molecular weight is 957 g/mol. The summed E-state index contributed by atoms with van der Waals surface area (Å²) < 4.78 is 233. The Bertz CT molecular complexity index is 1380. The first-order valence-corrected chi connectivity index (χ1v) is 30.1. The fraction of sp³-hybridized carbons (Fsp3) is 0. The molecule has 3 aliphatic rings. The van der Waals surface area contributed by atoms with Crippen molar-refractivity contribution in [3.05, 3.63) is 0 Å². The van der Waals surface area contributed by atoms with Gasteiger partial charge in [-0.25, -0.2) is 0 Å². The van der Waals surface area contributed by atoms with Crippen molar-refractivity contribution in [3.8, 4) is 0 Å². The first kappa shape index (κ1) is 35.6. The molecule has 0 spiro atoms. The van der Waals surface area contributed by atoms with Gasteiger partial charge < -0.3 is 0 Å². The van der Waals surface area contributed by atoms with E-state index in [-0.39, 0.29) is 0 Å². The van der Waals surface area contributed by atoms with Crippen LogP contribution in [-0.2, 0) is 218 Å². The normalized spacial score (nSPS) is 46.8. The monoisotopic (exact) mass is 957 g/mol. The second-order valence-electron chi connectivity index (χ2n) is 5.45. The zero-order valence-corrected chi connectivity index (χ0v) is 29.9. The van der Waals surface area contributed by atoms with Crippen LogP contribution in [0.2, 0.25) is 0 Å². The molecule has 0 aromatic heterocycles. The summed E-state index contributed by atoms with van der Waals surface area (Å²) >= 11 is -73.8. The Labute approximate surface area is 238 Å². The van der Waals surface area contributed by atoms with Gasteiger partial charge in [0.15, 0.2) is 0 Å². The predicted molar refractivity (Wildman–Crippen MR) is 19.9 cm³/mol. The number of hydrogen-bond donors (Lipinski definition) is 0. The zero-order valence-electron chi connectivity index (χ0n) is 15.9. The summed E-state index contributed by atoms with van der Waals surface area (Å²) in [6, 6.07) is 0. The van der Waals surface area contributed by atoms with Crippen LogP contribution in [0.3, 0.4) is 0 Å². The fourth-order valence-electron chi connectivity index (χ4n) is 1.78. The number of hydrogen-bond acceptors (Lipinski definition) is 28. The van der Waals surface area contributed by atoms with E-state index in [4.69, 9.17) is 0 Å². The fourth-order valence-corrected chi connectivity index (χ4v) is 46.9. The second-order valence-corrected chi connectivity index (χ2v) is 35.1. The molecule has 3 aliphatic heterocycles. The van der Waals surface area contributed by atoms with Crippen molar-refractivity contribution in [2.24, 2.45) is 0 Å². The Morgan fingerprint density at radius 3 is 0.684 bits per heavy atom. The number of rotatable bonds is 6. The van der Waals surface area contributed by atoms with E-state index in [0.29, 0.717) is 0 Å². The predicted octanol–water partition coefficient (Wildman–Crippen LogP) is -9.17. The van der Waals surface area contributed by atoms with Crippen LogP contribution in [0.1, 0.15) is 0 Å². The first-order valence-electron chi connectivity index (χ1n) is 7.30. The standard InChI is InChI=1S/28O.10V/q;;;;;;;;;;;;;;;;;;;;;;6*-1;;;;;;;;;;. The Balaban J connectivity index is 2.26. The molecule has 0 N–H and O–H groups in total. The van der Waals surface area contributed by atoms with E-state index in [9.17, 15) is 60.9 Å². The van der Waals surface area contributed by atoms with Crippen LogP contribution < -0.4 is 24.2 Å². The summed E-state index contributed by atoms with van der Waals surface area (Å²) in [5.74, 6) is 0. The molecule has 3 heterocycles. The molecule has 3 rings (SSSR count). The van der Waals surface area contributed by atoms with Gasteiger partial charge in [-0.3, -0.25) is 0 Å². The minimum absolute atomic E-state index is 3.37. The summed E-state index contributed by atoms with van der Waals surface area (Å²) in [5, 5.41) is 0. The molecule has 0 saturated carbocycles. The molecule has 0 aliphatic carbocycles. The van der Waals surface area contributed by atoms with Gasteiger partial charge in [-0.2, -0.15) is 0 Å². The van der Waals surface area contributed by atoms with E-state index in [1.54, 1.807) is 0 Å². The third kappa shape index (κ3) is 10.1. The van der Waals surface area contributed by atoms with Gasteiger partial charge in [0.2, 0.25) is 0 Å². The van der Waals surface area contributed by atoms with Crippen molar-refractivity contribution >= 4 is 0 Å². The maximum atomic E-state index is 12.9. The van der Waals surface area contributed by atoms with Gasteiger partial charge in [-0.15, -0.1) is 0 Å². The van der Waals surface area contributed by atoms with Crippen molar-refractivity contribution in [3.63, 3.8) is 0 Å². The Kier molecular flexibility index (Phi) is 10.2. The van der Waals surface area contributed by atoms with Gasteiger partial charge in [0, 0.05) is 0 Å². The molecule has 28 nitrogen and oxygen atoms in total. The summed E-state index contributed by atoms with van der Waals surface area (Å²) in [6.45, 7) is 0. The molecule has 4 bridgehead atoms. The van der Waals surface area contributed by atoms with Crippen LogP contribution in [0.5, 0.6) is 0 Å². The van der Waals surface area contributed by atoms with E-state index in [0.717, 1.165) is 0 Å². The van der Waals surface area contributed by atoms with Crippen molar-refractivity contribution in [1.29, 1.82) is 0 Å². The van der Waals surface area contributed by atoms with Crippen molar-refractivity contribution in [2.75, 3.05) is 0 Å². The molecule has 4 unspecified atom stereocenters. The first-order chi connectivity index (χ1) is 16.5. The SMILES string of the molecule is [O]=[V]([O-])([O-])[O][V]1(=[O])[O][V]2(=[O])[O][V](=[O])([O][V](=[O])([O-])[O-])[O][V](=[O])([O]2)[O][V]2(=[O])[O][V](=[O])([O][V](=[O])([O-])[O-])[O][V](=[O])([O]1)[O]2. The van der Waals surface area contributed by atoms with Gasteiger partial charge in [0.05, 0.1) is 0 Å². The van der Waals surface area contributed by atoms with Gasteiger partial charge in [0.25, 0.3) is 0 Å². The molecule has 38 heteroatoms. The van der Waals surface area contributed by atoms with Gasteiger partial charge in [0.1, 0.15) is 0 Å². The molecule has 224 valence electrons. The van der Waals surface area contributed by atoms with E-state index in [1.807, 2.05) is 0 Å². The Morgan fingerprint density at radius 1 is 0.368 bits per heavy atom. The molecule has 4 atom stereocenters. The van der Waals surface area contributed by atoms with E-state index in [1.165, 1.54) is 0 Å². The summed E-state index contributed by atoms with van der Waals surface area (Å²) in [5.41, 5.74) is 0. The van der Waals surface area contributed by atoms with Crippen molar-refractivity contribution in [2.45, 2.75) is 0 Å². The quantitative estimate of drug-likeness (QED) is 0.238. The minimum atomic E-state index is -7.72. The maximum absolute atomic E-state index is 12.9. The van der Waals surface area contributed by atoms with Crippen LogP contribution >= 0.6 is 0 Å². The molecule has 0 aromatic carbocycles. The van der Waals surface area contributed by atoms with Crippen molar-refractivity contribution < 1.29 is 242 Å². The van der Waals surface area contributed by atoms with Gasteiger partial charge in [-0.05, 0) is 0 Å². The third-order valence-electron chi connectivity index (χ3n) is 2.40. The Hall–Kier alpha value is 3.12. The van der Waals surface area contributed by atoms with E-state index in [2.05, 4.69) is 31.0 Å². The van der Waals surface area contributed by atoms with Crippen LogP contribution in [0.4, 0.5) is 0 Å². The Morgan fingerprint density at radius 2 is 0.526 bits per heavy atom. The molecule has 38 heavy (non-hydrogen) atoms. The molecular weight excluding hydrogens is 957 g/mol. The summed E-state index contributed by atoms with van der Waals surface area (Å²) in [7, 11) is 0. The second kappa shape index (κ2) is 10.9. The van der Waals surface area contributed by atoms with Crippen LogP contribution in [-0.4, -0.2) is 0 Å². The molecule has 0 amide bonds. The molecular formula is O28V10-6.